The Bertz CT molecular complexity index is 278. The van der Waals surface area contributed by atoms with E-state index in [9.17, 15) is 9.90 Å². The van der Waals surface area contributed by atoms with Crippen molar-refractivity contribution in [1.29, 1.82) is 0 Å². The summed E-state index contributed by atoms with van der Waals surface area (Å²) in [6.07, 6.45) is 1.07. The van der Waals surface area contributed by atoms with Gasteiger partial charge in [-0.1, -0.05) is 0 Å². The van der Waals surface area contributed by atoms with Gasteiger partial charge < -0.3 is 20.1 Å². The molecule has 2 fully saturated rings. The molecule has 2 N–H and O–H groups in total. The van der Waals surface area contributed by atoms with Crippen molar-refractivity contribution in [3.8, 4) is 0 Å². The van der Waals surface area contributed by atoms with Crippen molar-refractivity contribution >= 4 is 5.97 Å². The molecule has 16 heavy (non-hydrogen) atoms. The van der Waals surface area contributed by atoms with E-state index in [-0.39, 0.29) is 6.04 Å². The lowest BCUT2D eigenvalue weighted by Crippen LogP contribution is -2.63. The van der Waals surface area contributed by atoms with Crippen LogP contribution < -0.4 is 5.32 Å². The first-order chi connectivity index (χ1) is 7.60. The molecule has 0 amide bonds. The number of carbonyl (C=O) groups is 1. The van der Waals surface area contributed by atoms with Gasteiger partial charge in [0, 0.05) is 12.6 Å². The van der Waals surface area contributed by atoms with Gasteiger partial charge in [-0.15, -0.1) is 0 Å². The smallest absolute Gasteiger partial charge is 0.315 e. The van der Waals surface area contributed by atoms with E-state index in [4.69, 9.17) is 4.74 Å². The fourth-order valence-corrected chi connectivity index (χ4v) is 2.96. The summed E-state index contributed by atoms with van der Waals surface area (Å²) in [5.41, 5.74) is -0.704. The quantitative estimate of drug-likeness (QED) is 0.687. The Labute approximate surface area is 95.8 Å². The van der Waals surface area contributed by atoms with Crippen molar-refractivity contribution in [2.45, 2.75) is 12.5 Å². The standard InChI is InChI=1S/C11H20N2O3/c1-12-9(8-3-4-13(2)5-8)11(10(14)15)6-16-7-11/h8-9,12H,3-7H2,1-2H3,(H,14,15). The molecule has 5 nitrogen and oxygen atoms in total. The minimum absolute atomic E-state index is 0.0173. The summed E-state index contributed by atoms with van der Waals surface area (Å²) >= 11 is 0. The van der Waals surface area contributed by atoms with Crippen molar-refractivity contribution in [1.82, 2.24) is 10.2 Å². The second kappa shape index (κ2) is 4.31. The predicted octanol–water partition coefficient (Wildman–Crippen LogP) is -0.373. The lowest BCUT2D eigenvalue weighted by Gasteiger charge is -2.45. The molecule has 0 radical (unpaired) electrons. The highest BCUT2D eigenvalue weighted by atomic mass is 16.5. The Balaban J connectivity index is 2.12. The van der Waals surface area contributed by atoms with E-state index in [1.807, 2.05) is 7.05 Å². The summed E-state index contributed by atoms with van der Waals surface area (Å²) in [7, 11) is 3.93. The fraction of sp³-hybridized carbons (Fsp3) is 0.909. The van der Waals surface area contributed by atoms with Crippen LogP contribution in [0.3, 0.4) is 0 Å². The third-order valence-electron chi connectivity index (χ3n) is 3.95. The van der Waals surface area contributed by atoms with Crippen LogP contribution in [0.5, 0.6) is 0 Å². The zero-order chi connectivity index (χ0) is 11.8. The van der Waals surface area contributed by atoms with Gasteiger partial charge in [-0.05, 0) is 33.0 Å². The lowest BCUT2D eigenvalue weighted by molar-refractivity contribution is -0.189. The SMILES string of the molecule is CNC(C1CCN(C)C1)C1(C(=O)O)COC1. The van der Waals surface area contributed by atoms with Crippen LogP contribution in [0.15, 0.2) is 0 Å². The van der Waals surface area contributed by atoms with Crippen molar-refractivity contribution < 1.29 is 14.6 Å². The van der Waals surface area contributed by atoms with Crippen LogP contribution >= 0.6 is 0 Å². The molecule has 2 atom stereocenters. The predicted molar refractivity (Wildman–Crippen MR) is 59.3 cm³/mol. The molecule has 5 heteroatoms. The maximum absolute atomic E-state index is 11.4. The molecule has 0 spiro atoms. The lowest BCUT2D eigenvalue weighted by atomic mass is 9.72. The number of rotatable bonds is 4. The van der Waals surface area contributed by atoms with Crippen LogP contribution in [-0.2, 0) is 9.53 Å². The van der Waals surface area contributed by atoms with E-state index < -0.39 is 11.4 Å². The number of likely N-dealkylation sites (tertiary alicyclic amines) is 1. The van der Waals surface area contributed by atoms with Gasteiger partial charge in [0.05, 0.1) is 13.2 Å². The first-order valence-electron chi connectivity index (χ1n) is 5.77. The topological polar surface area (TPSA) is 61.8 Å². The van der Waals surface area contributed by atoms with E-state index in [0.29, 0.717) is 19.1 Å². The summed E-state index contributed by atoms with van der Waals surface area (Å²) in [6, 6.07) is 0.0173. The summed E-state index contributed by atoms with van der Waals surface area (Å²) < 4.78 is 5.13. The maximum Gasteiger partial charge on any atom is 0.315 e. The third kappa shape index (κ3) is 1.73. The average molecular weight is 228 g/mol. The van der Waals surface area contributed by atoms with Crippen molar-refractivity contribution in [3.63, 3.8) is 0 Å². The zero-order valence-corrected chi connectivity index (χ0v) is 9.90. The molecule has 2 rings (SSSR count). The normalized spacial score (nSPS) is 31.0. The minimum Gasteiger partial charge on any atom is -0.481 e. The third-order valence-corrected chi connectivity index (χ3v) is 3.95. The Kier molecular flexibility index (Phi) is 3.19. The number of nitrogens with one attached hydrogen (secondary N) is 1. The fourth-order valence-electron chi connectivity index (χ4n) is 2.96. The molecular formula is C11H20N2O3. The van der Waals surface area contributed by atoms with E-state index in [1.54, 1.807) is 0 Å². The second-order valence-corrected chi connectivity index (χ2v) is 5.03. The van der Waals surface area contributed by atoms with Crippen LogP contribution in [-0.4, -0.2) is 62.4 Å². The summed E-state index contributed by atoms with van der Waals surface area (Å²) in [5.74, 6) is -0.317. The molecule has 0 aliphatic carbocycles. The maximum atomic E-state index is 11.4. The number of hydrogen-bond donors (Lipinski definition) is 2. The highest BCUT2D eigenvalue weighted by molar-refractivity contribution is 5.77. The highest BCUT2D eigenvalue weighted by Gasteiger charge is 2.54. The molecule has 2 unspecified atom stereocenters. The van der Waals surface area contributed by atoms with Crippen LogP contribution in [0.1, 0.15) is 6.42 Å². The molecule has 2 aliphatic rings. The minimum atomic E-state index is -0.729. The number of hydrogen-bond acceptors (Lipinski definition) is 4. The molecule has 0 aromatic heterocycles. The Hall–Kier alpha value is -0.650. The van der Waals surface area contributed by atoms with Crippen molar-refractivity contribution in [3.05, 3.63) is 0 Å². The van der Waals surface area contributed by atoms with Crippen LogP contribution in [0.25, 0.3) is 0 Å². The van der Waals surface area contributed by atoms with Gasteiger partial charge in [0.2, 0.25) is 0 Å². The highest BCUT2D eigenvalue weighted by Crippen LogP contribution is 2.37. The first-order valence-corrected chi connectivity index (χ1v) is 5.77. The van der Waals surface area contributed by atoms with Crippen LogP contribution in [0.2, 0.25) is 0 Å². The Morgan fingerprint density at radius 2 is 2.31 bits per heavy atom. The molecule has 0 saturated carbocycles. The zero-order valence-electron chi connectivity index (χ0n) is 9.90. The Morgan fingerprint density at radius 1 is 1.62 bits per heavy atom. The van der Waals surface area contributed by atoms with Crippen molar-refractivity contribution in [2.24, 2.45) is 11.3 Å². The summed E-state index contributed by atoms with van der Waals surface area (Å²) in [4.78, 5) is 13.7. The number of ether oxygens (including phenoxy) is 1. The van der Waals surface area contributed by atoms with E-state index in [2.05, 4.69) is 17.3 Å². The van der Waals surface area contributed by atoms with Crippen LogP contribution in [0, 0.1) is 11.3 Å². The molecule has 0 aromatic carbocycles. The summed E-state index contributed by atoms with van der Waals surface area (Å²) in [6.45, 7) is 2.71. The second-order valence-electron chi connectivity index (χ2n) is 5.03. The van der Waals surface area contributed by atoms with E-state index >= 15 is 0 Å². The largest absolute Gasteiger partial charge is 0.481 e. The average Bonchev–Trinajstić information content (AvgIpc) is 2.56. The van der Waals surface area contributed by atoms with E-state index in [0.717, 1.165) is 19.5 Å². The van der Waals surface area contributed by atoms with Gasteiger partial charge in [-0.2, -0.15) is 0 Å². The summed E-state index contributed by atoms with van der Waals surface area (Å²) in [5, 5.41) is 12.6. The molecule has 2 heterocycles. The number of aliphatic carboxylic acids is 1. The van der Waals surface area contributed by atoms with Gasteiger partial charge in [-0.3, -0.25) is 4.79 Å². The molecule has 2 aliphatic heterocycles. The molecule has 92 valence electrons. The number of nitrogens with zero attached hydrogens (tertiary/aromatic N) is 1. The number of carboxylic acid groups (broad SMARTS) is 1. The van der Waals surface area contributed by atoms with E-state index in [1.165, 1.54) is 0 Å². The van der Waals surface area contributed by atoms with Gasteiger partial charge in [0.25, 0.3) is 0 Å². The van der Waals surface area contributed by atoms with Crippen LogP contribution in [0.4, 0.5) is 0 Å². The molecule has 0 bridgehead atoms. The van der Waals surface area contributed by atoms with Gasteiger partial charge >= 0.3 is 5.97 Å². The van der Waals surface area contributed by atoms with Gasteiger partial charge in [0.1, 0.15) is 5.41 Å². The Morgan fingerprint density at radius 3 is 2.62 bits per heavy atom. The van der Waals surface area contributed by atoms with Gasteiger partial charge in [-0.25, -0.2) is 0 Å². The number of carboxylic acids is 1. The van der Waals surface area contributed by atoms with Gasteiger partial charge in [0.15, 0.2) is 0 Å². The molecule has 2 saturated heterocycles. The molecule has 0 aromatic rings. The van der Waals surface area contributed by atoms with Crippen molar-refractivity contribution in [2.75, 3.05) is 40.4 Å². The molecular weight excluding hydrogens is 208 g/mol. The monoisotopic (exact) mass is 228 g/mol. The first kappa shape index (κ1) is 11.8.